The number of amides is 1. The molecule has 0 aliphatic carbocycles. The highest BCUT2D eigenvalue weighted by molar-refractivity contribution is 7.10. The van der Waals surface area contributed by atoms with Gasteiger partial charge in [0.15, 0.2) is 0 Å². The zero-order valence-corrected chi connectivity index (χ0v) is 15.7. The Bertz CT molecular complexity index is 1010. The highest BCUT2D eigenvalue weighted by atomic mass is 32.1. The molecule has 0 radical (unpaired) electrons. The van der Waals surface area contributed by atoms with Crippen molar-refractivity contribution < 1.29 is 14.3 Å². The van der Waals surface area contributed by atoms with Crippen molar-refractivity contribution in [1.82, 2.24) is 15.2 Å². The maximum absolute atomic E-state index is 12.2. The molecular formula is C19H18N4O3S. The van der Waals surface area contributed by atoms with Crippen molar-refractivity contribution in [3.63, 3.8) is 0 Å². The van der Waals surface area contributed by atoms with Gasteiger partial charge in [-0.25, -0.2) is 14.9 Å². The summed E-state index contributed by atoms with van der Waals surface area (Å²) in [5.74, 6) is -0.878. The molecule has 0 aliphatic rings. The Labute approximate surface area is 159 Å². The normalized spacial score (nSPS) is 11.3. The van der Waals surface area contributed by atoms with Gasteiger partial charge in [0.1, 0.15) is 0 Å². The van der Waals surface area contributed by atoms with Crippen molar-refractivity contribution in [3.8, 4) is 5.69 Å². The zero-order chi connectivity index (χ0) is 19.2. The number of carbonyl (C=O) groups excluding carboxylic acids is 2. The van der Waals surface area contributed by atoms with Crippen LogP contribution in [-0.4, -0.2) is 28.3 Å². The van der Waals surface area contributed by atoms with E-state index < -0.39 is 5.97 Å². The molecule has 8 heteroatoms. The topological polar surface area (TPSA) is 85.6 Å². The number of benzene rings is 2. The lowest BCUT2D eigenvalue weighted by molar-refractivity contribution is 0.0524. The van der Waals surface area contributed by atoms with Gasteiger partial charge in [-0.3, -0.25) is 4.79 Å². The summed E-state index contributed by atoms with van der Waals surface area (Å²) in [6, 6.07) is 16.3. The molecule has 2 aromatic carbocycles. The van der Waals surface area contributed by atoms with E-state index in [9.17, 15) is 9.59 Å². The van der Waals surface area contributed by atoms with Gasteiger partial charge in [-0.2, -0.15) is 0 Å². The second-order valence-corrected chi connectivity index (χ2v) is 6.53. The molecule has 0 bridgehead atoms. The highest BCUT2D eigenvalue weighted by Gasteiger charge is 2.16. The van der Waals surface area contributed by atoms with Gasteiger partial charge in [0.25, 0.3) is 5.91 Å². The Hall–Kier alpha value is -3.26. The molecule has 1 amide bonds. The van der Waals surface area contributed by atoms with Crippen LogP contribution in [0.3, 0.4) is 0 Å². The average Bonchev–Trinajstić information content (AvgIpc) is 3.12. The lowest BCUT2D eigenvalue weighted by Gasteiger charge is -2.02. The number of nitrogens with one attached hydrogen (secondary N) is 1. The molecule has 1 aromatic heterocycles. The zero-order valence-electron chi connectivity index (χ0n) is 14.9. The minimum Gasteiger partial charge on any atom is -0.461 e. The lowest BCUT2D eigenvalue weighted by atomic mass is 10.2. The standard InChI is InChI=1S/C19H18N4O3S/c1-3-26-18(25)17-22-23(15-11-9-13(2)10-12-15)19(27-17)21-20-16(24)14-7-5-4-6-8-14/h4-12H,3H2,1-2H3,(H,20,24)/b21-19-. The Morgan fingerprint density at radius 2 is 1.85 bits per heavy atom. The van der Waals surface area contributed by atoms with Gasteiger partial charge in [0.2, 0.25) is 9.81 Å². The summed E-state index contributed by atoms with van der Waals surface area (Å²) in [6.45, 7) is 3.95. The van der Waals surface area contributed by atoms with Crippen LogP contribution >= 0.6 is 11.3 Å². The first-order chi connectivity index (χ1) is 13.1. The third kappa shape index (κ3) is 4.48. The van der Waals surface area contributed by atoms with Crippen LogP contribution in [0.25, 0.3) is 5.69 Å². The Morgan fingerprint density at radius 1 is 1.15 bits per heavy atom. The second kappa shape index (κ2) is 8.41. The van der Waals surface area contributed by atoms with Crippen molar-refractivity contribution in [1.29, 1.82) is 0 Å². The molecule has 3 aromatic rings. The van der Waals surface area contributed by atoms with E-state index in [-0.39, 0.29) is 17.5 Å². The van der Waals surface area contributed by atoms with Gasteiger partial charge in [-0.15, -0.1) is 10.2 Å². The molecule has 0 saturated heterocycles. The quantitative estimate of drug-likeness (QED) is 0.543. The van der Waals surface area contributed by atoms with Crippen molar-refractivity contribution in [2.75, 3.05) is 6.61 Å². The van der Waals surface area contributed by atoms with Crippen LogP contribution in [0.1, 0.15) is 32.6 Å². The predicted octanol–water partition coefficient (Wildman–Crippen LogP) is 2.66. The Kier molecular flexibility index (Phi) is 5.77. The van der Waals surface area contributed by atoms with Gasteiger partial charge >= 0.3 is 5.97 Å². The van der Waals surface area contributed by atoms with Crippen LogP contribution < -0.4 is 10.2 Å². The first kappa shape index (κ1) is 18.5. The molecule has 0 spiro atoms. The van der Waals surface area contributed by atoms with Crippen LogP contribution in [0.2, 0.25) is 0 Å². The number of esters is 1. The lowest BCUT2D eigenvalue weighted by Crippen LogP contribution is -2.24. The number of aromatic nitrogens is 2. The number of carbonyl (C=O) groups is 2. The van der Waals surface area contributed by atoms with Crippen LogP contribution in [0.5, 0.6) is 0 Å². The first-order valence-corrected chi connectivity index (χ1v) is 9.13. The molecule has 0 fully saturated rings. The number of aryl methyl sites for hydroxylation is 1. The first-order valence-electron chi connectivity index (χ1n) is 8.32. The van der Waals surface area contributed by atoms with E-state index in [1.54, 1.807) is 31.2 Å². The number of nitrogens with zero attached hydrogens (tertiary/aromatic N) is 3. The van der Waals surface area contributed by atoms with Crippen molar-refractivity contribution in [3.05, 3.63) is 75.5 Å². The molecule has 3 rings (SSSR count). The molecular weight excluding hydrogens is 364 g/mol. The molecule has 0 aliphatic heterocycles. The van der Waals surface area contributed by atoms with E-state index in [2.05, 4.69) is 15.6 Å². The van der Waals surface area contributed by atoms with E-state index in [0.29, 0.717) is 10.4 Å². The number of hydrogen-bond acceptors (Lipinski definition) is 6. The van der Waals surface area contributed by atoms with E-state index in [4.69, 9.17) is 4.74 Å². The predicted molar refractivity (Wildman–Crippen MR) is 102 cm³/mol. The minimum absolute atomic E-state index is 0.158. The largest absolute Gasteiger partial charge is 0.461 e. The van der Waals surface area contributed by atoms with Crippen LogP contribution in [0.15, 0.2) is 59.7 Å². The van der Waals surface area contributed by atoms with Gasteiger partial charge in [0, 0.05) is 5.56 Å². The molecule has 138 valence electrons. The summed E-state index contributed by atoms with van der Waals surface area (Å²) >= 11 is 1.04. The smallest absolute Gasteiger partial charge is 0.369 e. The molecule has 1 N–H and O–H groups in total. The number of hydrogen-bond donors (Lipinski definition) is 1. The fourth-order valence-corrected chi connectivity index (χ4v) is 3.00. The van der Waals surface area contributed by atoms with Gasteiger partial charge in [-0.05, 0) is 38.1 Å². The summed E-state index contributed by atoms with van der Waals surface area (Å²) in [6.07, 6.45) is 0. The average molecular weight is 382 g/mol. The molecule has 0 unspecified atom stereocenters. The second-order valence-electron chi connectivity index (χ2n) is 5.58. The van der Waals surface area contributed by atoms with Crippen molar-refractivity contribution >= 4 is 23.2 Å². The summed E-state index contributed by atoms with van der Waals surface area (Å²) in [4.78, 5) is 24.6. The third-order valence-electron chi connectivity index (χ3n) is 3.58. The molecule has 1 heterocycles. The molecule has 0 saturated carbocycles. The van der Waals surface area contributed by atoms with E-state index >= 15 is 0 Å². The van der Waals surface area contributed by atoms with E-state index in [1.807, 2.05) is 37.3 Å². The molecule has 0 atom stereocenters. The van der Waals surface area contributed by atoms with Crippen molar-refractivity contribution in [2.24, 2.45) is 5.10 Å². The third-order valence-corrected chi connectivity index (χ3v) is 4.47. The van der Waals surface area contributed by atoms with Gasteiger partial charge in [-0.1, -0.05) is 47.2 Å². The minimum atomic E-state index is -0.529. The SMILES string of the molecule is CCOC(=O)c1nn(-c2ccc(C)cc2)/c(=N/NC(=O)c2ccccc2)s1. The summed E-state index contributed by atoms with van der Waals surface area (Å²) in [7, 11) is 0. The van der Waals surface area contributed by atoms with Gasteiger partial charge in [0.05, 0.1) is 12.3 Å². The van der Waals surface area contributed by atoms with E-state index in [0.717, 1.165) is 22.6 Å². The Morgan fingerprint density at radius 3 is 2.52 bits per heavy atom. The van der Waals surface area contributed by atoms with Crippen LogP contribution in [-0.2, 0) is 4.74 Å². The maximum Gasteiger partial charge on any atom is 0.369 e. The van der Waals surface area contributed by atoms with Crippen LogP contribution in [0.4, 0.5) is 0 Å². The maximum atomic E-state index is 12.2. The summed E-state index contributed by atoms with van der Waals surface area (Å²) in [5, 5.41) is 8.61. The highest BCUT2D eigenvalue weighted by Crippen LogP contribution is 2.10. The summed E-state index contributed by atoms with van der Waals surface area (Å²) in [5.41, 5.74) is 4.80. The van der Waals surface area contributed by atoms with Crippen molar-refractivity contribution in [2.45, 2.75) is 13.8 Å². The molecule has 7 nitrogen and oxygen atoms in total. The Balaban J connectivity index is 1.97. The summed E-state index contributed by atoms with van der Waals surface area (Å²) < 4.78 is 6.51. The number of rotatable bonds is 5. The van der Waals surface area contributed by atoms with E-state index in [1.165, 1.54) is 4.68 Å². The monoisotopic (exact) mass is 382 g/mol. The van der Waals surface area contributed by atoms with Crippen LogP contribution in [0, 0.1) is 6.92 Å². The fraction of sp³-hybridized carbons (Fsp3) is 0.158. The fourth-order valence-electron chi connectivity index (χ4n) is 2.24. The van der Waals surface area contributed by atoms with Gasteiger partial charge < -0.3 is 4.74 Å². The number of ether oxygens (including phenoxy) is 1. The molecule has 27 heavy (non-hydrogen) atoms.